The van der Waals surface area contributed by atoms with E-state index in [2.05, 4.69) is 22.0 Å². The monoisotopic (exact) mass is 326 g/mol. The van der Waals surface area contributed by atoms with Crippen LogP contribution in [-0.2, 0) is 13.0 Å². The summed E-state index contributed by atoms with van der Waals surface area (Å²) in [5.41, 5.74) is 4.02. The number of hydrogen-bond donors (Lipinski definition) is 0. The van der Waals surface area contributed by atoms with Crippen LogP contribution >= 0.6 is 0 Å². The van der Waals surface area contributed by atoms with Crippen molar-refractivity contribution in [1.82, 2.24) is 4.98 Å². The van der Waals surface area contributed by atoms with E-state index in [-0.39, 0.29) is 0 Å². The highest BCUT2D eigenvalue weighted by Crippen LogP contribution is 2.29. The molecule has 5 nitrogen and oxygen atoms in total. The van der Waals surface area contributed by atoms with E-state index < -0.39 is 0 Å². The van der Waals surface area contributed by atoms with Crippen molar-refractivity contribution in [3.05, 3.63) is 71.1 Å². The van der Waals surface area contributed by atoms with Crippen molar-refractivity contribution >= 4 is 5.69 Å². The third-order valence-electron chi connectivity index (χ3n) is 4.31. The molecule has 1 aliphatic heterocycles. The number of oxazole rings is 1. The summed E-state index contributed by atoms with van der Waals surface area (Å²) in [6, 6.07) is 19.2. The fourth-order valence-electron chi connectivity index (χ4n) is 3.03. The van der Waals surface area contributed by atoms with Gasteiger partial charge in [-0.2, -0.15) is 10.5 Å². The van der Waals surface area contributed by atoms with Gasteiger partial charge in [0.25, 0.3) is 0 Å². The molecule has 4 rings (SSSR count). The maximum absolute atomic E-state index is 9.07. The average molecular weight is 326 g/mol. The number of benzene rings is 2. The summed E-state index contributed by atoms with van der Waals surface area (Å²) in [6.07, 6.45) is 0.785. The zero-order valence-corrected chi connectivity index (χ0v) is 13.4. The van der Waals surface area contributed by atoms with Gasteiger partial charge in [-0.15, -0.1) is 0 Å². The van der Waals surface area contributed by atoms with Crippen LogP contribution in [0.25, 0.3) is 11.5 Å². The van der Waals surface area contributed by atoms with E-state index in [0.29, 0.717) is 23.6 Å². The molecule has 2 heterocycles. The molecule has 2 aromatic carbocycles. The summed E-state index contributed by atoms with van der Waals surface area (Å²) in [6.45, 7) is 1.45. The van der Waals surface area contributed by atoms with Crippen LogP contribution in [0.1, 0.15) is 22.6 Å². The minimum atomic E-state index is 0.551. The maximum atomic E-state index is 9.07. The third-order valence-corrected chi connectivity index (χ3v) is 4.31. The van der Waals surface area contributed by atoms with Crippen LogP contribution in [0, 0.1) is 22.7 Å². The highest BCUT2D eigenvalue weighted by Gasteiger charge is 2.23. The summed E-state index contributed by atoms with van der Waals surface area (Å²) in [5.74, 6) is 1.39. The van der Waals surface area contributed by atoms with Gasteiger partial charge in [0.15, 0.2) is 0 Å². The lowest BCUT2D eigenvalue weighted by atomic mass is 10.1. The maximum Gasteiger partial charge on any atom is 0.226 e. The predicted octanol–water partition coefficient (Wildman–Crippen LogP) is 3.65. The summed E-state index contributed by atoms with van der Waals surface area (Å²) < 4.78 is 5.97. The van der Waals surface area contributed by atoms with Gasteiger partial charge < -0.3 is 9.32 Å². The Kier molecular flexibility index (Phi) is 3.68. The Bertz CT molecular complexity index is 1020. The number of nitrogens with zero attached hydrogens (tertiary/aromatic N) is 4. The largest absolute Gasteiger partial charge is 0.439 e. The Morgan fingerprint density at radius 2 is 1.76 bits per heavy atom. The van der Waals surface area contributed by atoms with Gasteiger partial charge in [-0.25, -0.2) is 4.98 Å². The first kappa shape index (κ1) is 15.0. The SMILES string of the molecule is N#Cc1cccc(-c2nc3c(o2)CN(c2cccc(C#N)c2)CC3)c1. The first-order chi connectivity index (χ1) is 12.3. The first-order valence-electron chi connectivity index (χ1n) is 8.01. The molecule has 25 heavy (non-hydrogen) atoms. The second-order valence-electron chi connectivity index (χ2n) is 5.92. The van der Waals surface area contributed by atoms with Gasteiger partial charge in [0.05, 0.1) is 35.5 Å². The van der Waals surface area contributed by atoms with Gasteiger partial charge >= 0.3 is 0 Å². The van der Waals surface area contributed by atoms with E-state index in [4.69, 9.17) is 14.9 Å². The molecule has 0 N–H and O–H groups in total. The van der Waals surface area contributed by atoms with Crippen molar-refractivity contribution in [2.45, 2.75) is 13.0 Å². The standard InChI is InChI=1S/C20H14N4O/c21-11-14-3-1-5-16(9-14)20-23-18-7-8-24(13-19(18)25-20)17-6-2-4-15(10-17)12-22/h1-6,9-10H,7-8,13H2. The summed E-state index contributed by atoms with van der Waals surface area (Å²) >= 11 is 0. The zero-order valence-electron chi connectivity index (χ0n) is 13.4. The Hall–Kier alpha value is -3.57. The minimum Gasteiger partial charge on any atom is -0.439 e. The van der Waals surface area contributed by atoms with Crippen LogP contribution in [0.3, 0.4) is 0 Å². The van der Waals surface area contributed by atoms with Crippen molar-refractivity contribution in [2.24, 2.45) is 0 Å². The van der Waals surface area contributed by atoms with E-state index >= 15 is 0 Å². The van der Waals surface area contributed by atoms with Crippen molar-refractivity contribution in [2.75, 3.05) is 11.4 Å². The van der Waals surface area contributed by atoms with E-state index in [1.807, 2.05) is 30.3 Å². The third kappa shape index (κ3) is 2.84. The fourth-order valence-corrected chi connectivity index (χ4v) is 3.03. The average Bonchev–Trinajstić information content (AvgIpc) is 3.11. The number of fused-ring (bicyclic) bond motifs is 1. The quantitative estimate of drug-likeness (QED) is 0.718. The van der Waals surface area contributed by atoms with Gasteiger partial charge in [0.2, 0.25) is 5.89 Å². The van der Waals surface area contributed by atoms with Crippen LogP contribution in [0.15, 0.2) is 52.9 Å². The zero-order chi connectivity index (χ0) is 17.2. The molecule has 5 heteroatoms. The molecule has 0 bridgehead atoms. The lowest BCUT2D eigenvalue weighted by molar-refractivity contribution is 0.495. The molecular weight excluding hydrogens is 312 g/mol. The van der Waals surface area contributed by atoms with E-state index in [9.17, 15) is 0 Å². The highest BCUT2D eigenvalue weighted by atomic mass is 16.4. The molecule has 3 aromatic rings. The van der Waals surface area contributed by atoms with Gasteiger partial charge in [-0.1, -0.05) is 12.1 Å². The number of hydrogen-bond acceptors (Lipinski definition) is 5. The highest BCUT2D eigenvalue weighted by molar-refractivity contribution is 5.58. The molecule has 1 aromatic heterocycles. The second-order valence-corrected chi connectivity index (χ2v) is 5.92. The summed E-state index contributed by atoms with van der Waals surface area (Å²) in [7, 11) is 0. The molecule has 1 aliphatic rings. The molecule has 0 unspecified atom stereocenters. The molecule has 0 amide bonds. The fraction of sp³-hybridized carbons (Fsp3) is 0.150. The van der Waals surface area contributed by atoms with Crippen LogP contribution in [0.4, 0.5) is 5.69 Å². The number of nitriles is 2. The molecule has 0 saturated heterocycles. The first-order valence-corrected chi connectivity index (χ1v) is 8.01. The predicted molar refractivity (Wildman–Crippen MR) is 92.6 cm³/mol. The Morgan fingerprint density at radius 1 is 1.00 bits per heavy atom. The Balaban J connectivity index is 1.63. The number of aromatic nitrogens is 1. The van der Waals surface area contributed by atoms with Crippen LogP contribution in [0.2, 0.25) is 0 Å². The molecule has 0 radical (unpaired) electrons. The van der Waals surface area contributed by atoms with Crippen molar-refractivity contribution in [3.63, 3.8) is 0 Å². The Morgan fingerprint density at radius 3 is 2.56 bits per heavy atom. The van der Waals surface area contributed by atoms with Crippen molar-refractivity contribution in [3.8, 4) is 23.6 Å². The second kappa shape index (κ2) is 6.14. The van der Waals surface area contributed by atoms with E-state index in [0.717, 1.165) is 35.7 Å². The van der Waals surface area contributed by atoms with Gasteiger partial charge in [0.1, 0.15) is 5.76 Å². The summed E-state index contributed by atoms with van der Waals surface area (Å²) in [5, 5.41) is 18.1. The summed E-state index contributed by atoms with van der Waals surface area (Å²) in [4.78, 5) is 6.79. The topological polar surface area (TPSA) is 76.8 Å². The van der Waals surface area contributed by atoms with Gasteiger partial charge in [0, 0.05) is 24.2 Å². The minimum absolute atomic E-state index is 0.551. The number of rotatable bonds is 2. The van der Waals surface area contributed by atoms with Crippen LogP contribution in [0.5, 0.6) is 0 Å². The van der Waals surface area contributed by atoms with Gasteiger partial charge in [-0.3, -0.25) is 0 Å². The van der Waals surface area contributed by atoms with Crippen molar-refractivity contribution in [1.29, 1.82) is 10.5 Å². The molecular formula is C20H14N4O. The number of anilines is 1. The molecule has 0 atom stereocenters. The molecule has 0 aliphatic carbocycles. The van der Waals surface area contributed by atoms with Gasteiger partial charge in [-0.05, 0) is 36.4 Å². The van der Waals surface area contributed by atoms with Crippen LogP contribution in [-0.4, -0.2) is 11.5 Å². The molecule has 0 spiro atoms. The Labute approximate surface area is 145 Å². The smallest absolute Gasteiger partial charge is 0.226 e. The molecule has 0 fully saturated rings. The molecule has 120 valence electrons. The van der Waals surface area contributed by atoms with E-state index in [1.54, 1.807) is 18.2 Å². The van der Waals surface area contributed by atoms with Crippen molar-refractivity contribution < 1.29 is 4.42 Å². The van der Waals surface area contributed by atoms with Crippen LogP contribution < -0.4 is 4.90 Å². The molecule has 0 saturated carbocycles. The normalized spacial score (nSPS) is 13.0. The lowest BCUT2D eigenvalue weighted by Gasteiger charge is -2.27. The lowest BCUT2D eigenvalue weighted by Crippen LogP contribution is -2.29. The van der Waals surface area contributed by atoms with E-state index in [1.165, 1.54) is 0 Å².